The molecule has 1 nitrogen and oxygen atoms in total. The fourth-order valence-electron chi connectivity index (χ4n) is 2.01. The maximum Gasteiger partial charge on any atom is 0.0431 e. The molecule has 1 aromatic rings. The first kappa shape index (κ1) is 14.2. The average molecular weight is 234 g/mol. The highest BCUT2D eigenvalue weighted by Gasteiger charge is 2.14. The molecule has 1 N–H and O–H groups in total. The molecule has 0 unspecified atom stereocenters. The van der Waals surface area contributed by atoms with Gasteiger partial charge >= 0.3 is 0 Å². The Labute approximate surface area is 106 Å². The second-order valence-corrected chi connectivity index (χ2v) is 5.93. The Morgan fingerprint density at radius 1 is 1.06 bits per heavy atom. The fourth-order valence-corrected chi connectivity index (χ4v) is 2.01. The van der Waals surface area contributed by atoms with E-state index in [-0.39, 0.29) is 5.41 Å². The maximum absolute atomic E-state index is 8.77. The SMILES string of the molecule is Cc1ccc(C(C)(C)C)cc1CCCCCO. The largest absolute Gasteiger partial charge is 0.396 e. The summed E-state index contributed by atoms with van der Waals surface area (Å²) in [6, 6.07) is 6.84. The van der Waals surface area contributed by atoms with Crippen LogP contribution in [0.15, 0.2) is 18.2 Å². The monoisotopic (exact) mass is 234 g/mol. The molecule has 96 valence electrons. The minimum atomic E-state index is 0.230. The minimum absolute atomic E-state index is 0.230. The number of aliphatic hydroxyl groups is 1. The Morgan fingerprint density at radius 2 is 1.76 bits per heavy atom. The summed E-state index contributed by atoms with van der Waals surface area (Å²) < 4.78 is 0. The van der Waals surface area contributed by atoms with Crippen molar-refractivity contribution in [3.05, 3.63) is 34.9 Å². The van der Waals surface area contributed by atoms with Crippen molar-refractivity contribution in [2.75, 3.05) is 6.61 Å². The lowest BCUT2D eigenvalue weighted by molar-refractivity contribution is 0.283. The van der Waals surface area contributed by atoms with Gasteiger partial charge < -0.3 is 5.11 Å². The molecule has 0 aliphatic carbocycles. The molecule has 0 saturated heterocycles. The van der Waals surface area contributed by atoms with E-state index in [1.165, 1.54) is 23.1 Å². The van der Waals surface area contributed by atoms with Crippen molar-refractivity contribution in [2.24, 2.45) is 0 Å². The number of unbranched alkanes of at least 4 members (excludes halogenated alkanes) is 2. The first-order chi connectivity index (χ1) is 7.95. The number of hydrogen-bond acceptors (Lipinski definition) is 1. The Balaban J connectivity index is 2.70. The average Bonchev–Trinajstić information content (AvgIpc) is 2.25. The summed E-state index contributed by atoms with van der Waals surface area (Å²) in [7, 11) is 0. The molecule has 1 heteroatoms. The number of aliphatic hydroxyl groups excluding tert-OH is 1. The molecule has 0 spiro atoms. The number of aryl methyl sites for hydroxylation is 2. The molecule has 0 atom stereocenters. The molecule has 1 rings (SSSR count). The van der Waals surface area contributed by atoms with E-state index in [1.807, 2.05) is 0 Å². The van der Waals surface area contributed by atoms with Crippen molar-refractivity contribution in [3.8, 4) is 0 Å². The number of hydrogen-bond donors (Lipinski definition) is 1. The molecule has 0 bridgehead atoms. The summed E-state index contributed by atoms with van der Waals surface area (Å²) in [6.45, 7) is 9.28. The van der Waals surface area contributed by atoms with Crippen molar-refractivity contribution in [1.82, 2.24) is 0 Å². The smallest absolute Gasteiger partial charge is 0.0431 e. The molecule has 0 aliphatic heterocycles. The number of rotatable bonds is 5. The third-order valence-corrected chi connectivity index (χ3v) is 3.32. The van der Waals surface area contributed by atoms with Crippen LogP contribution >= 0.6 is 0 Å². The molecule has 0 aliphatic rings. The highest BCUT2D eigenvalue weighted by atomic mass is 16.2. The van der Waals surface area contributed by atoms with E-state index in [2.05, 4.69) is 45.9 Å². The lowest BCUT2D eigenvalue weighted by Gasteiger charge is -2.21. The van der Waals surface area contributed by atoms with Crippen LogP contribution < -0.4 is 0 Å². The van der Waals surface area contributed by atoms with Gasteiger partial charge in [-0.3, -0.25) is 0 Å². The summed E-state index contributed by atoms with van der Waals surface area (Å²) in [5.74, 6) is 0. The van der Waals surface area contributed by atoms with E-state index >= 15 is 0 Å². The van der Waals surface area contributed by atoms with Crippen molar-refractivity contribution in [1.29, 1.82) is 0 Å². The van der Waals surface area contributed by atoms with Gasteiger partial charge in [-0.25, -0.2) is 0 Å². The van der Waals surface area contributed by atoms with Gasteiger partial charge in [-0.2, -0.15) is 0 Å². The molecule has 0 amide bonds. The first-order valence-corrected chi connectivity index (χ1v) is 6.66. The van der Waals surface area contributed by atoms with Crippen LogP contribution in [-0.2, 0) is 11.8 Å². The van der Waals surface area contributed by atoms with Gasteiger partial charge in [0.15, 0.2) is 0 Å². The fraction of sp³-hybridized carbons (Fsp3) is 0.625. The Bertz CT molecular complexity index is 347. The summed E-state index contributed by atoms with van der Waals surface area (Å²) >= 11 is 0. The summed E-state index contributed by atoms with van der Waals surface area (Å²) in [6.07, 6.45) is 4.36. The number of benzene rings is 1. The highest BCUT2D eigenvalue weighted by Crippen LogP contribution is 2.25. The molecular formula is C16H26O. The molecule has 0 heterocycles. The van der Waals surface area contributed by atoms with Crippen molar-refractivity contribution < 1.29 is 5.11 Å². The summed E-state index contributed by atoms with van der Waals surface area (Å²) in [5, 5.41) is 8.77. The van der Waals surface area contributed by atoms with E-state index in [0.717, 1.165) is 19.3 Å². The Hall–Kier alpha value is -0.820. The van der Waals surface area contributed by atoms with Crippen LogP contribution in [0.25, 0.3) is 0 Å². The Morgan fingerprint density at radius 3 is 2.35 bits per heavy atom. The third-order valence-electron chi connectivity index (χ3n) is 3.32. The molecule has 1 aromatic carbocycles. The highest BCUT2D eigenvalue weighted by molar-refractivity contribution is 5.34. The maximum atomic E-state index is 8.77. The lowest BCUT2D eigenvalue weighted by Crippen LogP contribution is -2.11. The van der Waals surface area contributed by atoms with Gasteiger partial charge in [-0.05, 0) is 48.3 Å². The van der Waals surface area contributed by atoms with Gasteiger partial charge in [0.1, 0.15) is 0 Å². The molecule has 17 heavy (non-hydrogen) atoms. The van der Waals surface area contributed by atoms with Gasteiger partial charge in [0.25, 0.3) is 0 Å². The molecule has 0 aromatic heterocycles. The minimum Gasteiger partial charge on any atom is -0.396 e. The quantitative estimate of drug-likeness (QED) is 0.764. The van der Waals surface area contributed by atoms with Crippen molar-refractivity contribution >= 4 is 0 Å². The van der Waals surface area contributed by atoms with Crippen molar-refractivity contribution in [2.45, 2.75) is 58.8 Å². The second-order valence-electron chi connectivity index (χ2n) is 5.93. The Kier molecular flexibility index (Phi) is 5.20. The van der Waals surface area contributed by atoms with Crippen LogP contribution in [-0.4, -0.2) is 11.7 Å². The van der Waals surface area contributed by atoms with Crippen LogP contribution in [0.2, 0.25) is 0 Å². The van der Waals surface area contributed by atoms with Gasteiger partial charge in [0, 0.05) is 6.61 Å². The van der Waals surface area contributed by atoms with Crippen LogP contribution in [0.3, 0.4) is 0 Å². The topological polar surface area (TPSA) is 20.2 Å². The van der Waals surface area contributed by atoms with Crippen LogP contribution in [0.5, 0.6) is 0 Å². The molecule has 0 radical (unpaired) electrons. The molecule has 0 fully saturated rings. The second kappa shape index (κ2) is 6.20. The first-order valence-electron chi connectivity index (χ1n) is 6.66. The zero-order chi connectivity index (χ0) is 12.9. The predicted octanol–water partition coefficient (Wildman–Crippen LogP) is 4.00. The summed E-state index contributed by atoms with van der Waals surface area (Å²) in [5.41, 5.74) is 4.51. The van der Waals surface area contributed by atoms with Gasteiger partial charge in [0.05, 0.1) is 0 Å². The van der Waals surface area contributed by atoms with E-state index in [1.54, 1.807) is 0 Å². The molecule has 0 saturated carbocycles. The predicted molar refractivity (Wildman–Crippen MR) is 74.5 cm³/mol. The van der Waals surface area contributed by atoms with Gasteiger partial charge in [-0.1, -0.05) is 45.4 Å². The molecular weight excluding hydrogens is 208 g/mol. The summed E-state index contributed by atoms with van der Waals surface area (Å²) in [4.78, 5) is 0. The van der Waals surface area contributed by atoms with Crippen molar-refractivity contribution in [3.63, 3.8) is 0 Å². The van der Waals surface area contributed by atoms with Gasteiger partial charge in [-0.15, -0.1) is 0 Å². The van der Waals surface area contributed by atoms with Crippen LogP contribution in [0, 0.1) is 6.92 Å². The third kappa shape index (κ3) is 4.51. The lowest BCUT2D eigenvalue weighted by atomic mass is 9.84. The van der Waals surface area contributed by atoms with Crippen LogP contribution in [0.1, 0.15) is 56.7 Å². The normalized spacial score (nSPS) is 11.8. The van der Waals surface area contributed by atoms with E-state index in [4.69, 9.17) is 5.11 Å². The van der Waals surface area contributed by atoms with Gasteiger partial charge in [0.2, 0.25) is 0 Å². The van der Waals surface area contributed by atoms with E-state index in [9.17, 15) is 0 Å². The standard InChI is InChI=1S/C16H26O/c1-13-9-10-15(16(2,3)4)12-14(13)8-6-5-7-11-17/h9-10,12,17H,5-8,11H2,1-4H3. The zero-order valence-electron chi connectivity index (χ0n) is 11.7. The zero-order valence-corrected chi connectivity index (χ0v) is 11.7. The van der Waals surface area contributed by atoms with E-state index in [0.29, 0.717) is 6.61 Å². The van der Waals surface area contributed by atoms with E-state index < -0.39 is 0 Å². The van der Waals surface area contributed by atoms with Crippen LogP contribution in [0.4, 0.5) is 0 Å².